The number of benzene rings is 2. The summed E-state index contributed by atoms with van der Waals surface area (Å²) in [4.78, 5) is 25.5. The van der Waals surface area contributed by atoms with Gasteiger partial charge >= 0.3 is 5.69 Å². The summed E-state index contributed by atoms with van der Waals surface area (Å²) < 4.78 is 10.0. The van der Waals surface area contributed by atoms with Gasteiger partial charge in [0.25, 0.3) is 5.56 Å². The summed E-state index contributed by atoms with van der Waals surface area (Å²) in [6, 6.07) is 14.9. The highest BCUT2D eigenvalue weighted by Crippen LogP contribution is 2.35. The predicted octanol–water partition coefficient (Wildman–Crippen LogP) is 3.75. The van der Waals surface area contributed by atoms with Gasteiger partial charge in [-0.05, 0) is 37.3 Å². The highest BCUT2D eigenvalue weighted by molar-refractivity contribution is 6.33. The molecule has 29 heavy (non-hydrogen) atoms. The summed E-state index contributed by atoms with van der Waals surface area (Å²) >= 11 is 6.49. The maximum absolute atomic E-state index is 13.1. The van der Waals surface area contributed by atoms with Gasteiger partial charge in [0.05, 0.1) is 23.2 Å². The van der Waals surface area contributed by atoms with E-state index in [2.05, 4.69) is 0 Å². The van der Waals surface area contributed by atoms with Crippen LogP contribution in [0.1, 0.15) is 6.92 Å². The molecule has 0 bridgehead atoms. The van der Waals surface area contributed by atoms with E-state index in [9.17, 15) is 9.59 Å². The largest absolute Gasteiger partial charge is 0.494 e. The zero-order valence-electron chi connectivity index (χ0n) is 16.3. The van der Waals surface area contributed by atoms with Crippen LogP contribution in [0.15, 0.2) is 64.3 Å². The second-order valence-electron chi connectivity index (χ2n) is 6.72. The fourth-order valence-corrected chi connectivity index (χ4v) is 3.76. The molecule has 0 saturated carbocycles. The normalized spacial score (nSPS) is 11.2. The lowest BCUT2D eigenvalue weighted by atomic mass is 10.1. The molecule has 0 unspecified atom stereocenters. The van der Waals surface area contributed by atoms with Gasteiger partial charge in [-0.15, -0.1) is 0 Å². The topological polar surface area (TPSA) is 58.2 Å². The zero-order valence-corrected chi connectivity index (χ0v) is 17.1. The summed E-state index contributed by atoms with van der Waals surface area (Å²) in [5.41, 5.74) is 2.00. The Morgan fingerprint density at radius 1 is 0.966 bits per heavy atom. The van der Waals surface area contributed by atoms with Gasteiger partial charge in [-0.3, -0.25) is 13.9 Å². The lowest BCUT2D eigenvalue weighted by Crippen LogP contribution is -2.36. The Labute approximate surface area is 172 Å². The number of rotatable bonds is 4. The van der Waals surface area contributed by atoms with Crippen molar-refractivity contribution in [3.8, 4) is 22.7 Å². The minimum Gasteiger partial charge on any atom is -0.494 e. The van der Waals surface area contributed by atoms with Crippen molar-refractivity contribution >= 4 is 22.5 Å². The highest BCUT2D eigenvalue weighted by Gasteiger charge is 2.21. The van der Waals surface area contributed by atoms with E-state index >= 15 is 0 Å². The van der Waals surface area contributed by atoms with Crippen molar-refractivity contribution < 1.29 is 4.74 Å². The molecule has 4 rings (SSSR count). The summed E-state index contributed by atoms with van der Waals surface area (Å²) in [7, 11) is 3.14. The van der Waals surface area contributed by atoms with Crippen LogP contribution < -0.4 is 16.0 Å². The van der Waals surface area contributed by atoms with Gasteiger partial charge in [-0.25, -0.2) is 4.79 Å². The van der Waals surface area contributed by atoms with Crippen LogP contribution in [-0.2, 0) is 14.1 Å². The minimum atomic E-state index is -0.378. The molecule has 0 aliphatic rings. The number of fused-ring (bicyclic) bond motifs is 1. The molecule has 0 spiro atoms. The van der Waals surface area contributed by atoms with Crippen molar-refractivity contribution in [3.05, 3.63) is 80.6 Å². The van der Waals surface area contributed by atoms with Crippen LogP contribution in [-0.4, -0.2) is 20.3 Å². The SMILES string of the molecule is CCOc1ccc(-n2cc3c(c2-c2ccccc2Cl)c(=O)n(C)c(=O)n3C)cc1. The van der Waals surface area contributed by atoms with Crippen molar-refractivity contribution in [2.75, 3.05) is 6.61 Å². The standard InChI is InChI=1S/C22H20ClN3O3/c1-4-29-15-11-9-14(10-12-15)26-13-18-19(21(27)25(3)22(28)24(18)2)20(26)16-7-5-6-8-17(16)23/h5-13H,4H2,1-3H3. The molecule has 7 heteroatoms. The molecule has 0 atom stereocenters. The molecule has 6 nitrogen and oxygen atoms in total. The third-order valence-electron chi connectivity index (χ3n) is 4.99. The smallest absolute Gasteiger partial charge is 0.330 e. The van der Waals surface area contributed by atoms with Crippen LogP contribution in [0.4, 0.5) is 0 Å². The van der Waals surface area contributed by atoms with E-state index in [0.29, 0.717) is 33.8 Å². The van der Waals surface area contributed by atoms with Crippen LogP contribution in [0, 0.1) is 0 Å². The van der Waals surface area contributed by atoms with Crippen LogP contribution in [0.5, 0.6) is 5.75 Å². The van der Waals surface area contributed by atoms with E-state index in [-0.39, 0.29) is 11.2 Å². The number of ether oxygens (including phenoxy) is 1. The lowest BCUT2D eigenvalue weighted by Gasteiger charge is -2.12. The number of halogens is 1. The Morgan fingerprint density at radius 3 is 2.31 bits per heavy atom. The van der Waals surface area contributed by atoms with Crippen molar-refractivity contribution in [1.29, 1.82) is 0 Å². The molecular formula is C22H20ClN3O3. The average Bonchev–Trinajstić information content (AvgIpc) is 3.12. The van der Waals surface area contributed by atoms with Crippen molar-refractivity contribution in [3.63, 3.8) is 0 Å². The maximum atomic E-state index is 13.1. The third-order valence-corrected chi connectivity index (χ3v) is 5.32. The summed E-state index contributed by atoms with van der Waals surface area (Å²) in [5.74, 6) is 0.760. The van der Waals surface area contributed by atoms with Gasteiger partial charge in [-0.2, -0.15) is 0 Å². The van der Waals surface area contributed by atoms with Gasteiger partial charge in [-0.1, -0.05) is 29.8 Å². The first-order valence-corrected chi connectivity index (χ1v) is 9.61. The molecule has 2 aromatic carbocycles. The number of nitrogens with zero attached hydrogens (tertiary/aromatic N) is 3. The van der Waals surface area contributed by atoms with Gasteiger partial charge in [0.15, 0.2) is 0 Å². The quantitative estimate of drug-likeness (QED) is 0.516. The number of aryl methyl sites for hydroxylation is 1. The molecule has 0 radical (unpaired) electrons. The van der Waals surface area contributed by atoms with Crippen LogP contribution >= 0.6 is 11.6 Å². The van der Waals surface area contributed by atoms with Gasteiger partial charge < -0.3 is 9.30 Å². The molecule has 2 heterocycles. The second kappa shape index (κ2) is 7.29. The van der Waals surface area contributed by atoms with Crippen molar-refractivity contribution in [2.24, 2.45) is 14.1 Å². The van der Waals surface area contributed by atoms with E-state index in [1.807, 2.05) is 54.0 Å². The predicted molar refractivity (Wildman–Crippen MR) is 115 cm³/mol. The fourth-order valence-electron chi connectivity index (χ4n) is 3.53. The van der Waals surface area contributed by atoms with E-state index in [1.165, 1.54) is 11.6 Å². The second-order valence-corrected chi connectivity index (χ2v) is 7.13. The van der Waals surface area contributed by atoms with Crippen molar-refractivity contribution in [2.45, 2.75) is 6.92 Å². The fraction of sp³-hybridized carbons (Fsp3) is 0.182. The highest BCUT2D eigenvalue weighted by atomic mass is 35.5. The first kappa shape index (κ1) is 19.1. The summed E-state index contributed by atoms with van der Waals surface area (Å²) in [5, 5.41) is 0.965. The number of hydrogen-bond acceptors (Lipinski definition) is 3. The molecule has 0 fully saturated rings. The molecule has 148 valence electrons. The first-order valence-electron chi connectivity index (χ1n) is 9.23. The molecule has 4 aromatic rings. The van der Waals surface area contributed by atoms with Gasteiger partial charge in [0.2, 0.25) is 0 Å². The molecule has 2 aromatic heterocycles. The van der Waals surface area contributed by atoms with Crippen LogP contribution in [0.3, 0.4) is 0 Å². The monoisotopic (exact) mass is 409 g/mol. The summed E-state index contributed by atoms with van der Waals surface area (Å²) in [6.45, 7) is 2.51. The van der Waals surface area contributed by atoms with Crippen molar-refractivity contribution in [1.82, 2.24) is 13.7 Å². The third kappa shape index (κ3) is 3.06. The Bertz CT molecular complexity index is 1330. The van der Waals surface area contributed by atoms with E-state index in [1.54, 1.807) is 19.3 Å². The molecule has 0 aliphatic heterocycles. The maximum Gasteiger partial charge on any atom is 0.330 e. The Balaban J connectivity index is 2.12. The van der Waals surface area contributed by atoms with Gasteiger partial charge in [0, 0.05) is 36.6 Å². The molecule has 0 N–H and O–H groups in total. The average molecular weight is 410 g/mol. The number of hydrogen-bond donors (Lipinski definition) is 0. The Kier molecular flexibility index (Phi) is 4.80. The Hall–Kier alpha value is -3.25. The minimum absolute atomic E-state index is 0.359. The van der Waals surface area contributed by atoms with Crippen LogP contribution in [0.2, 0.25) is 5.02 Å². The lowest BCUT2D eigenvalue weighted by molar-refractivity contribution is 0.340. The molecular weight excluding hydrogens is 390 g/mol. The van der Waals surface area contributed by atoms with Crippen LogP contribution in [0.25, 0.3) is 27.8 Å². The summed E-state index contributed by atoms with van der Waals surface area (Å²) in [6.07, 6.45) is 1.80. The number of aromatic nitrogens is 3. The molecule has 0 amide bonds. The first-order chi connectivity index (χ1) is 13.9. The van der Waals surface area contributed by atoms with E-state index in [0.717, 1.165) is 16.0 Å². The Morgan fingerprint density at radius 2 is 1.66 bits per heavy atom. The van der Waals surface area contributed by atoms with Gasteiger partial charge in [0.1, 0.15) is 5.75 Å². The zero-order chi connectivity index (χ0) is 20.7. The van der Waals surface area contributed by atoms with E-state index < -0.39 is 0 Å². The molecule has 0 aliphatic carbocycles. The molecule has 0 saturated heterocycles. The van der Waals surface area contributed by atoms with E-state index in [4.69, 9.17) is 16.3 Å².